The zero-order valence-corrected chi connectivity index (χ0v) is 15.9. The van der Waals surface area contributed by atoms with Crippen molar-refractivity contribution in [3.8, 4) is 16.8 Å². The van der Waals surface area contributed by atoms with Gasteiger partial charge in [-0.15, -0.1) is 11.8 Å². The fourth-order valence-corrected chi connectivity index (χ4v) is 3.64. The number of rotatable bonds is 5. The van der Waals surface area contributed by atoms with Gasteiger partial charge in [-0.2, -0.15) is 5.10 Å². The summed E-state index contributed by atoms with van der Waals surface area (Å²) in [6.07, 6.45) is 7.40. The molecule has 0 radical (unpaired) electrons. The van der Waals surface area contributed by atoms with Gasteiger partial charge in [-0.3, -0.25) is 4.98 Å². The Labute approximate surface area is 162 Å². The molecule has 3 heterocycles. The molecule has 1 N–H and O–H groups in total. The fraction of sp³-hybridized carbons (Fsp3) is 0.0952. The van der Waals surface area contributed by atoms with E-state index >= 15 is 0 Å². The Bertz CT molecular complexity index is 1040. The molecule has 3 aromatic heterocycles. The minimum absolute atomic E-state index is 0.777. The standard InChI is InChI=1S/C21H19N5S/c1-15-20(21(27-2)25-26(15)18-8-4-3-5-9-18)16-10-12-23-19(13-16)24-17-7-6-11-22-14-17/h3-14H,1-2H3,(H,23,24). The van der Waals surface area contributed by atoms with E-state index in [1.807, 2.05) is 53.3 Å². The van der Waals surface area contributed by atoms with Crippen LogP contribution in [0.2, 0.25) is 0 Å². The lowest BCUT2D eigenvalue weighted by Crippen LogP contribution is -1.98. The molecule has 5 nitrogen and oxygen atoms in total. The average molecular weight is 373 g/mol. The lowest BCUT2D eigenvalue weighted by molar-refractivity contribution is 0.814. The molecule has 1 aromatic carbocycles. The molecule has 0 amide bonds. The number of para-hydroxylation sites is 1. The molecule has 0 aliphatic heterocycles. The first kappa shape index (κ1) is 17.3. The maximum atomic E-state index is 4.82. The van der Waals surface area contributed by atoms with Crippen LogP contribution in [0.3, 0.4) is 0 Å². The van der Waals surface area contributed by atoms with Crippen molar-refractivity contribution in [2.45, 2.75) is 11.9 Å². The van der Waals surface area contributed by atoms with E-state index in [1.54, 1.807) is 24.2 Å². The largest absolute Gasteiger partial charge is 0.339 e. The van der Waals surface area contributed by atoms with Crippen LogP contribution < -0.4 is 5.32 Å². The average Bonchev–Trinajstić information content (AvgIpc) is 3.06. The monoisotopic (exact) mass is 373 g/mol. The maximum Gasteiger partial charge on any atom is 0.130 e. The van der Waals surface area contributed by atoms with Crippen LogP contribution in [0.25, 0.3) is 16.8 Å². The van der Waals surface area contributed by atoms with Crippen molar-refractivity contribution in [1.29, 1.82) is 0 Å². The highest BCUT2D eigenvalue weighted by atomic mass is 32.2. The summed E-state index contributed by atoms with van der Waals surface area (Å²) < 4.78 is 2.00. The minimum Gasteiger partial charge on any atom is -0.339 e. The van der Waals surface area contributed by atoms with Gasteiger partial charge in [0.1, 0.15) is 10.8 Å². The maximum absolute atomic E-state index is 4.82. The van der Waals surface area contributed by atoms with Gasteiger partial charge in [0.25, 0.3) is 0 Å². The number of aromatic nitrogens is 4. The van der Waals surface area contributed by atoms with Crippen LogP contribution in [-0.4, -0.2) is 26.0 Å². The predicted molar refractivity (Wildman–Crippen MR) is 111 cm³/mol. The van der Waals surface area contributed by atoms with Crippen molar-refractivity contribution in [1.82, 2.24) is 19.7 Å². The summed E-state index contributed by atoms with van der Waals surface area (Å²) in [7, 11) is 0. The Morgan fingerprint density at radius 3 is 2.59 bits per heavy atom. The summed E-state index contributed by atoms with van der Waals surface area (Å²) in [6.45, 7) is 2.10. The lowest BCUT2D eigenvalue weighted by atomic mass is 10.1. The molecule has 0 aliphatic rings. The van der Waals surface area contributed by atoms with Crippen LogP contribution in [0.15, 0.2) is 78.2 Å². The van der Waals surface area contributed by atoms with E-state index in [0.717, 1.165) is 39.0 Å². The Hall–Kier alpha value is -3.12. The van der Waals surface area contributed by atoms with Gasteiger partial charge in [-0.25, -0.2) is 9.67 Å². The molecule has 0 fully saturated rings. The van der Waals surface area contributed by atoms with Gasteiger partial charge in [-0.1, -0.05) is 18.2 Å². The fourth-order valence-electron chi connectivity index (χ4n) is 3.01. The van der Waals surface area contributed by atoms with Gasteiger partial charge in [0.05, 0.1) is 23.3 Å². The second-order valence-corrected chi connectivity index (χ2v) is 6.81. The molecular weight excluding hydrogens is 354 g/mol. The quantitative estimate of drug-likeness (QED) is 0.493. The molecule has 4 rings (SSSR count). The molecule has 0 aliphatic carbocycles. The van der Waals surface area contributed by atoms with Gasteiger partial charge in [0.15, 0.2) is 0 Å². The lowest BCUT2D eigenvalue weighted by Gasteiger charge is -2.08. The molecule has 0 bridgehead atoms. The minimum atomic E-state index is 0.777. The van der Waals surface area contributed by atoms with Crippen molar-refractivity contribution in [2.24, 2.45) is 0 Å². The predicted octanol–water partition coefficient (Wildman–Crippen LogP) is 5.10. The summed E-state index contributed by atoms with van der Waals surface area (Å²) in [5.41, 5.74) is 5.27. The number of nitrogens with zero attached hydrogens (tertiary/aromatic N) is 4. The summed E-state index contributed by atoms with van der Waals surface area (Å²) in [4.78, 5) is 8.57. The highest BCUT2D eigenvalue weighted by Gasteiger charge is 2.17. The number of anilines is 2. The van der Waals surface area contributed by atoms with E-state index in [1.165, 1.54) is 0 Å². The van der Waals surface area contributed by atoms with Gasteiger partial charge >= 0.3 is 0 Å². The van der Waals surface area contributed by atoms with E-state index in [0.29, 0.717) is 0 Å². The van der Waals surface area contributed by atoms with Gasteiger partial charge in [0.2, 0.25) is 0 Å². The van der Waals surface area contributed by atoms with E-state index in [9.17, 15) is 0 Å². The van der Waals surface area contributed by atoms with Gasteiger partial charge in [-0.05, 0) is 55.1 Å². The number of hydrogen-bond acceptors (Lipinski definition) is 5. The molecule has 0 saturated carbocycles. The van der Waals surface area contributed by atoms with Crippen LogP contribution in [0, 0.1) is 6.92 Å². The van der Waals surface area contributed by atoms with Crippen molar-refractivity contribution in [3.63, 3.8) is 0 Å². The highest BCUT2D eigenvalue weighted by Crippen LogP contribution is 2.34. The van der Waals surface area contributed by atoms with Crippen molar-refractivity contribution in [2.75, 3.05) is 11.6 Å². The third-order valence-corrected chi connectivity index (χ3v) is 4.93. The zero-order valence-electron chi connectivity index (χ0n) is 15.1. The molecule has 27 heavy (non-hydrogen) atoms. The van der Waals surface area contributed by atoms with Crippen LogP contribution in [0.1, 0.15) is 5.69 Å². The van der Waals surface area contributed by atoms with Gasteiger partial charge in [0, 0.05) is 18.0 Å². The first-order chi connectivity index (χ1) is 13.3. The second-order valence-electron chi connectivity index (χ2n) is 6.01. The highest BCUT2D eigenvalue weighted by molar-refractivity contribution is 7.98. The molecule has 134 valence electrons. The van der Waals surface area contributed by atoms with Crippen LogP contribution >= 0.6 is 11.8 Å². The van der Waals surface area contributed by atoms with Crippen molar-refractivity contribution >= 4 is 23.3 Å². The molecule has 0 unspecified atom stereocenters. The SMILES string of the molecule is CSc1nn(-c2ccccc2)c(C)c1-c1ccnc(Nc2cccnc2)c1. The smallest absolute Gasteiger partial charge is 0.130 e. The molecule has 0 spiro atoms. The van der Waals surface area contributed by atoms with E-state index in [-0.39, 0.29) is 0 Å². The van der Waals surface area contributed by atoms with Gasteiger partial charge < -0.3 is 5.32 Å². The number of nitrogens with one attached hydrogen (secondary N) is 1. The molecule has 6 heteroatoms. The first-order valence-corrected chi connectivity index (χ1v) is 9.81. The van der Waals surface area contributed by atoms with Crippen LogP contribution in [-0.2, 0) is 0 Å². The summed E-state index contributed by atoms with van der Waals surface area (Å²) >= 11 is 1.65. The number of pyridine rings is 2. The van der Waals surface area contributed by atoms with Crippen molar-refractivity contribution < 1.29 is 0 Å². The van der Waals surface area contributed by atoms with E-state index in [2.05, 4.69) is 40.6 Å². The van der Waals surface area contributed by atoms with E-state index < -0.39 is 0 Å². The zero-order chi connectivity index (χ0) is 18.6. The Kier molecular flexibility index (Phi) is 4.89. The third kappa shape index (κ3) is 3.57. The normalized spacial score (nSPS) is 10.7. The summed E-state index contributed by atoms with van der Waals surface area (Å²) in [5, 5.41) is 9.11. The number of benzene rings is 1. The first-order valence-electron chi connectivity index (χ1n) is 8.59. The van der Waals surface area contributed by atoms with Crippen LogP contribution in [0.4, 0.5) is 11.5 Å². The summed E-state index contributed by atoms with van der Waals surface area (Å²) in [5.74, 6) is 0.777. The Balaban J connectivity index is 1.75. The van der Waals surface area contributed by atoms with Crippen LogP contribution in [0.5, 0.6) is 0 Å². The van der Waals surface area contributed by atoms with E-state index in [4.69, 9.17) is 5.10 Å². The third-order valence-electron chi connectivity index (χ3n) is 4.26. The molecule has 0 atom stereocenters. The molecular formula is C21H19N5S. The second kappa shape index (κ2) is 7.63. The molecule has 4 aromatic rings. The topological polar surface area (TPSA) is 55.6 Å². The molecule has 0 saturated heterocycles. The summed E-state index contributed by atoms with van der Waals surface area (Å²) in [6, 6.07) is 18.1. The number of hydrogen-bond donors (Lipinski definition) is 1. The number of thioether (sulfide) groups is 1. The van der Waals surface area contributed by atoms with Crippen molar-refractivity contribution in [3.05, 3.63) is 78.9 Å². The Morgan fingerprint density at radius 2 is 1.85 bits per heavy atom. The Morgan fingerprint density at radius 1 is 1.00 bits per heavy atom.